The highest BCUT2D eigenvalue weighted by Gasteiger charge is 2.05. The molecule has 66 valence electrons. The normalized spacial score (nSPS) is 10.5. The highest BCUT2D eigenvalue weighted by molar-refractivity contribution is 5.83. The van der Waals surface area contributed by atoms with E-state index in [0.29, 0.717) is 11.2 Å². The van der Waals surface area contributed by atoms with Gasteiger partial charge in [0.2, 0.25) is 0 Å². The van der Waals surface area contributed by atoms with Crippen LogP contribution in [0.1, 0.15) is 23.1 Å². The lowest BCUT2D eigenvalue weighted by Crippen LogP contribution is -1.93. The minimum absolute atomic E-state index is 0.578. The number of hydrogen-bond donors (Lipinski definition) is 0. The Morgan fingerprint density at radius 3 is 3.08 bits per heavy atom. The molecule has 0 saturated carbocycles. The number of pyridine rings is 1. The Bertz CT molecular complexity index is 447. The zero-order chi connectivity index (χ0) is 9.26. The van der Waals surface area contributed by atoms with Gasteiger partial charge in [-0.2, -0.15) is 0 Å². The lowest BCUT2D eigenvalue weighted by Gasteiger charge is -1.96. The van der Waals surface area contributed by atoms with Crippen molar-refractivity contribution in [2.75, 3.05) is 0 Å². The molecule has 0 aliphatic rings. The Morgan fingerprint density at radius 2 is 2.38 bits per heavy atom. The van der Waals surface area contributed by atoms with Crippen molar-refractivity contribution in [3.05, 3.63) is 29.7 Å². The van der Waals surface area contributed by atoms with Gasteiger partial charge in [0.05, 0.1) is 5.56 Å². The molecule has 0 spiro atoms. The Labute approximate surface area is 75.2 Å². The summed E-state index contributed by atoms with van der Waals surface area (Å²) in [5.74, 6) is 0.874. The largest absolute Gasteiger partial charge is 0.298 e. The summed E-state index contributed by atoms with van der Waals surface area (Å²) in [5.41, 5.74) is 1.21. The van der Waals surface area contributed by atoms with Gasteiger partial charge in [0.15, 0.2) is 11.9 Å². The van der Waals surface area contributed by atoms with Crippen LogP contribution in [0, 0.1) is 0 Å². The van der Waals surface area contributed by atoms with Crippen molar-refractivity contribution >= 4 is 11.9 Å². The van der Waals surface area contributed by atoms with Crippen LogP contribution in [0.3, 0.4) is 0 Å². The zero-order valence-electron chi connectivity index (χ0n) is 7.27. The first-order valence-electron chi connectivity index (χ1n) is 4.14. The third kappa shape index (κ3) is 1.11. The minimum Gasteiger partial charge on any atom is -0.298 e. The lowest BCUT2D eigenvalue weighted by molar-refractivity contribution is 0.112. The lowest BCUT2D eigenvalue weighted by atomic mass is 10.3. The van der Waals surface area contributed by atoms with Crippen LogP contribution in [-0.2, 0) is 6.42 Å². The maximum atomic E-state index is 10.6. The monoisotopic (exact) mass is 175 g/mol. The van der Waals surface area contributed by atoms with Gasteiger partial charge in [0.1, 0.15) is 5.82 Å². The first-order valence-corrected chi connectivity index (χ1v) is 4.14. The van der Waals surface area contributed by atoms with Crippen LogP contribution in [0.25, 0.3) is 5.65 Å². The van der Waals surface area contributed by atoms with E-state index < -0.39 is 0 Å². The number of nitrogens with zero attached hydrogens (tertiary/aromatic N) is 3. The van der Waals surface area contributed by atoms with Gasteiger partial charge < -0.3 is 0 Å². The third-order valence-electron chi connectivity index (χ3n) is 1.98. The van der Waals surface area contributed by atoms with Gasteiger partial charge in [-0.25, -0.2) is 0 Å². The Hall–Kier alpha value is -1.71. The Kier molecular flexibility index (Phi) is 1.81. The maximum absolute atomic E-state index is 10.6. The second-order valence-corrected chi connectivity index (χ2v) is 2.74. The summed E-state index contributed by atoms with van der Waals surface area (Å²) in [6, 6.07) is 3.55. The molecule has 0 saturated heterocycles. The molecule has 0 aromatic carbocycles. The molecule has 2 rings (SSSR count). The van der Waals surface area contributed by atoms with Crippen LogP contribution < -0.4 is 0 Å². The molecule has 0 atom stereocenters. The molecule has 0 radical (unpaired) electrons. The number of carbonyl (C=O) groups excluding carboxylic acids is 1. The van der Waals surface area contributed by atoms with Gasteiger partial charge in [-0.05, 0) is 12.1 Å². The quantitative estimate of drug-likeness (QED) is 0.642. The molecule has 0 fully saturated rings. The second kappa shape index (κ2) is 2.97. The summed E-state index contributed by atoms with van der Waals surface area (Å²) in [4.78, 5) is 10.6. The summed E-state index contributed by atoms with van der Waals surface area (Å²) < 4.78 is 1.84. The molecule has 2 aromatic rings. The summed E-state index contributed by atoms with van der Waals surface area (Å²) in [6.45, 7) is 2.00. The highest BCUT2D eigenvalue weighted by Crippen LogP contribution is 2.07. The summed E-state index contributed by atoms with van der Waals surface area (Å²) >= 11 is 0. The van der Waals surface area contributed by atoms with Crippen molar-refractivity contribution in [1.29, 1.82) is 0 Å². The van der Waals surface area contributed by atoms with Gasteiger partial charge in [0, 0.05) is 12.6 Å². The summed E-state index contributed by atoms with van der Waals surface area (Å²) in [5, 5.41) is 7.92. The molecule has 0 N–H and O–H groups in total. The average Bonchev–Trinajstić information content (AvgIpc) is 2.60. The van der Waals surface area contributed by atoms with Gasteiger partial charge in [-0.3, -0.25) is 9.20 Å². The molecule has 4 nitrogen and oxygen atoms in total. The topological polar surface area (TPSA) is 47.3 Å². The fourth-order valence-electron chi connectivity index (χ4n) is 1.32. The van der Waals surface area contributed by atoms with Crippen molar-refractivity contribution in [3.8, 4) is 0 Å². The first kappa shape index (κ1) is 7.91. The molecule has 0 unspecified atom stereocenters. The van der Waals surface area contributed by atoms with E-state index in [0.717, 1.165) is 18.5 Å². The molecule has 0 amide bonds. The van der Waals surface area contributed by atoms with Crippen LogP contribution in [0.2, 0.25) is 0 Å². The van der Waals surface area contributed by atoms with Crippen LogP contribution in [-0.4, -0.2) is 20.9 Å². The van der Waals surface area contributed by atoms with E-state index in [1.807, 2.05) is 23.6 Å². The number of aryl methyl sites for hydroxylation is 1. The van der Waals surface area contributed by atoms with Gasteiger partial charge >= 0.3 is 0 Å². The van der Waals surface area contributed by atoms with Crippen molar-refractivity contribution in [2.45, 2.75) is 13.3 Å². The smallest absolute Gasteiger partial charge is 0.171 e. The first-order chi connectivity index (χ1) is 6.36. The van der Waals surface area contributed by atoms with E-state index in [1.165, 1.54) is 0 Å². The van der Waals surface area contributed by atoms with E-state index in [1.54, 1.807) is 6.07 Å². The highest BCUT2D eigenvalue weighted by atomic mass is 16.1. The second-order valence-electron chi connectivity index (χ2n) is 2.74. The number of hydrogen-bond acceptors (Lipinski definition) is 3. The van der Waals surface area contributed by atoms with Crippen molar-refractivity contribution in [3.63, 3.8) is 0 Å². The molecule has 2 heterocycles. The fourth-order valence-corrected chi connectivity index (χ4v) is 1.32. The molecule has 0 bridgehead atoms. The maximum Gasteiger partial charge on any atom is 0.171 e. The molecule has 2 aromatic heterocycles. The standard InChI is InChI=1S/C9H9N3O/c1-2-8-10-11-9-7(6-13)4-3-5-12(8)9/h3-6H,2H2,1H3. The van der Waals surface area contributed by atoms with Gasteiger partial charge in [-0.15, -0.1) is 10.2 Å². The SMILES string of the molecule is CCc1nnc2c(C=O)cccn12. The van der Waals surface area contributed by atoms with E-state index in [9.17, 15) is 4.79 Å². The summed E-state index contributed by atoms with van der Waals surface area (Å²) in [6.07, 6.45) is 3.47. The predicted octanol–water partition coefficient (Wildman–Crippen LogP) is 1.10. The molecule has 13 heavy (non-hydrogen) atoms. The van der Waals surface area contributed by atoms with Gasteiger partial charge in [-0.1, -0.05) is 6.92 Å². The minimum atomic E-state index is 0.578. The van der Waals surface area contributed by atoms with Crippen molar-refractivity contribution < 1.29 is 4.79 Å². The van der Waals surface area contributed by atoms with Crippen molar-refractivity contribution in [2.24, 2.45) is 0 Å². The molecule has 0 aliphatic heterocycles. The number of carbonyl (C=O) groups is 1. The van der Waals surface area contributed by atoms with E-state index >= 15 is 0 Å². The number of aldehydes is 1. The van der Waals surface area contributed by atoms with E-state index in [-0.39, 0.29) is 0 Å². The van der Waals surface area contributed by atoms with E-state index in [4.69, 9.17) is 0 Å². The number of fused-ring (bicyclic) bond motifs is 1. The number of rotatable bonds is 2. The molecule has 0 aliphatic carbocycles. The third-order valence-corrected chi connectivity index (χ3v) is 1.98. The fraction of sp³-hybridized carbons (Fsp3) is 0.222. The molecular weight excluding hydrogens is 166 g/mol. The Morgan fingerprint density at radius 1 is 1.54 bits per heavy atom. The van der Waals surface area contributed by atoms with Crippen LogP contribution in [0.5, 0.6) is 0 Å². The van der Waals surface area contributed by atoms with Gasteiger partial charge in [0.25, 0.3) is 0 Å². The number of aromatic nitrogens is 3. The zero-order valence-corrected chi connectivity index (χ0v) is 7.27. The average molecular weight is 175 g/mol. The molecule has 4 heteroatoms. The van der Waals surface area contributed by atoms with E-state index in [2.05, 4.69) is 10.2 Å². The molecular formula is C9H9N3O. The van der Waals surface area contributed by atoms with Crippen LogP contribution >= 0.6 is 0 Å². The van der Waals surface area contributed by atoms with Crippen LogP contribution in [0.4, 0.5) is 0 Å². The summed E-state index contributed by atoms with van der Waals surface area (Å²) in [7, 11) is 0. The van der Waals surface area contributed by atoms with Crippen LogP contribution in [0.15, 0.2) is 18.3 Å². The Balaban J connectivity index is 2.79. The van der Waals surface area contributed by atoms with Crippen molar-refractivity contribution in [1.82, 2.24) is 14.6 Å². The predicted molar refractivity (Wildman–Crippen MR) is 47.8 cm³/mol.